The molecule has 2 aliphatic carbocycles. The molecule has 0 saturated heterocycles. The molecule has 2 aliphatic rings. The van der Waals surface area contributed by atoms with E-state index in [-0.39, 0.29) is 16.9 Å². The first kappa shape index (κ1) is 16.8. The van der Waals surface area contributed by atoms with Crippen LogP contribution in [0.2, 0.25) is 0 Å². The van der Waals surface area contributed by atoms with Gasteiger partial charge in [-0.25, -0.2) is 0 Å². The topological polar surface area (TPSA) is 29.5 Å². The third kappa shape index (κ3) is 2.41. The predicted octanol–water partition coefficient (Wildman–Crippen LogP) is 4.82. The third-order valence-electron chi connectivity index (χ3n) is 6.86. The van der Waals surface area contributed by atoms with Gasteiger partial charge in [-0.3, -0.25) is 0 Å². The number of fused-ring (bicyclic) bond motifs is 3. The Bertz CT molecular complexity index is 602. The van der Waals surface area contributed by atoms with E-state index in [2.05, 4.69) is 46.8 Å². The minimum absolute atomic E-state index is 0.0192. The molecule has 1 aromatic rings. The Kier molecular flexibility index (Phi) is 4.03. The van der Waals surface area contributed by atoms with Crippen LogP contribution in [0.3, 0.4) is 0 Å². The van der Waals surface area contributed by atoms with E-state index in [9.17, 15) is 5.11 Å². The fraction of sp³-hybridized carbons (Fsp3) is 0.714. The summed E-state index contributed by atoms with van der Waals surface area (Å²) in [5.41, 5.74) is 4.42. The Morgan fingerprint density at radius 1 is 1.17 bits per heavy atom. The minimum atomic E-state index is -0.182. The Morgan fingerprint density at radius 2 is 1.87 bits per heavy atom. The Balaban J connectivity index is 2.13. The molecule has 0 radical (unpaired) electrons. The van der Waals surface area contributed by atoms with Crippen molar-refractivity contribution in [1.29, 1.82) is 0 Å². The number of aliphatic hydroxyl groups is 1. The molecule has 0 unspecified atom stereocenters. The van der Waals surface area contributed by atoms with Gasteiger partial charge in [-0.1, -0.05) is 40.7 Å². The van der Waals surface area contributed by atoms with E-state index in [4.69, 9.17) is 4.74 Å². The van der Waals surface area contributed by atoms with Crippen LogP contribution in [0.4, 0.5) is 0 Å². The molecule has 128 valence electrons. The quantitative estimate of drug-likeness (QED) is 0.847. The number of methoxy groups -OCH3 is 1. The monoisotopic (exact) mass is 316 g/mol. The second-order valence-electron chi connectivity index (χ2n) is 8.79. The molecule has 2 nitrogen and oxygen atoms in total. The van der Waals surface area contributed by atoms with Crippen LogP contribution in [-0.2, 0) is 11.8 Å². The Hall–Kier alpha value is -1.02. The molecule has 1 saturated carbocycles. The molecule has 0 bridgehead atoms. The van der Waals surface area contributed by atoms with Gasteiger partial charge in [-0.15, -0.1) is 0 Å². The van der Waals surface area contributed by atoms with E-state index in [1.54, 1.807) is 7.11 Å². The lowest BCUT2D eigenvalue weighted by molar-refractivity contribution is -0.0731. The first-order valence-electron chi connectivity index (χ1n) is 9.11. The summed E-state index contributed by atoms with van der Waals surface area (Å²) < 4.78 is 5.72. The fourth-order valence-electron chi connectivity index (χ4n) is 5.36. The summed E-state index contributed by atoms with van der Waals surface area (Å²) in [6.07, 6.45) is 4.08. The zero-order chi connectivity index (χ0) is 17.0. The normalized spacial score (nSPS) is 32.3. The van der Waals surface area contributed by atoms with E-state index in [1.807, 2.05) is 0 Å². The van der Waals surface area contributed by atoms with Gasteiger partial charge in [0.2, 0.25) is 0 Å². The minimum Gasteiger partial charge on any atom is -0.496 e. The molecule has 0 spiro atoms. The Labute approximate surface area is 141 Å². The van der Waals surface area contributed by atoms with Crippen molar-refractivity contribution in [3.8, 4) is 5.75 Å². The van der Waals surface area contributed by atoms with Crippen LogP contribution < -0.4 is 4.74 Å². The molecule has 3 rings (SSSR count). The van der Waals surface area contributed by atoms with E-state index in [1.165, 1.54) is 23.1 Å². The molecular formula is C21H32O2. The van der Waals surface area contributed by atoms with Gasteiger partial charge in [0.15, 0.2) is 0 Å². The van der Waals surface area contributed by atoms with Crippen LogP contribution in [0.15, 0.2) is 12.1 Å². The highest BCUT2D eigenvalue weighted by Gasteiger charge is 2.53. The summed E-state index contributed by atoms with van der Waals surface area (Å²) in [4.78, 5) is 0. The Morgan fingerprint density at radius 3 is 2.48 bits per heavy atom. The van der Waals surface area contributed by atoms with Gasteiger partial charge in [0.05, 0.1) is 13.2 Å². The number of ether oxygens (including phenoxy) is 1. The van der Waals surface area contributed by atoms with Crippen molar-refractivity contribution in [2.45, 2.75) is 77.7 Å². The van der Waals surface area contributed by atoms with Crippen LogP contribution in [0.5, 0.6) is 5.75 Å². The summed E-state index contributed by atoms with van der Waals surface area (Å²) in [6.45, 7) is 11.4. The first-order valence-corrected chi connectivity index (χ1v) is 9.11. The average molecular weight is 316 g/mol. The lowest BCUT2D eigenvalue weighted by atomic mass is 9.49. The molecule has 0 aliphatic heterocycles. The van der Waals surface area contributed by atoms with Crippen molar-refractivity contribution in [2.24, 2.45) is 11.3 Å². The second-order valence-corrected chi connectivity index (χ2v) is 8.79. The maximum atomic E-state index is 10.5. The largest absolute Gasteiger partial charge is 0.496 e. The number of aliphatic hydroxyl groups excluding tert-OH is 1. The third-order valence-corrected chi connectivity index (χ3v) is 6.86. The molecule has 0 aromatic heterocycles. The zero-order valence-electron chi connectivity index (χ0n) is 15.6. The lowest BCUT2D eigenvalue weighted by Crippen LogP contribution is -2.53. The zero-order valence-corrected chi connectivity index (χ0v) is 15.6. The van der Waals surface area contributed by atoms with E-state index in [0.717, 1.165) is 25.0 Å². The lowest BCUT2D eigenvalue weighted by Gasteiger charge is -2.56. The van der Waals surface area contributed by atoms with Crippen molar-refractivity contribution in [1.82, 2.24) is 0 Å². The highest BCUT2D eigenvalue weighted by Crippen LogP contribution is 2.57. The molecule has 0 heterocycles. The van der Waals surface area contributed by atoms with E-state index in [0.29, 0.717) is 11.8 Å². The van der Waals surface area contributed by atoms with Crippen molar-refractivity contribution in [3.05, 3.63) is 28.8 Å². The summed E-state index contributed by atoms with van der Waals surface area (Å²) in [6, 6.07) is 4.70. The second kappa shape index (κ2) is 5.51. The van der Waals surface area contributed by atoms with Crippen LogP contribution in [0, 0.1) is 11.3 Å². The van der Waals surface area contributed by atoms with Gasteiger partial charge >= 0.3 is 0 Å². The standard InChI is InChI=1S/C21H32O2/c1-13(2)15-11-14-7-8-18-20(3,4)19(22)9-10-21(18,5)16(14)12-17(15)23-6/h11-13,18-19,22H,7-10H2,1-6H3/t18-,19-,21-/m1/s1. The van der Waals surface area contributed by atoms with Crippen LogP contribution in [-0.4, -0.2) is 18.3 Å². The van der Waals surface area contributed by atoms with Gasteiger partial charge in [0.1, 0.15) is 5.75 Å². The van der Waals surface area contributed by atoms with Crippen LogP contribution >= 0.6 is 0 Å². The highest BCUT2D eigenvalue weighted by atomic mass is 16.5. The maximum Gasteiger partial charge on any atom is 0.122 e. The van der Waals surface area contributed by atoms with Gasteiger partial charge in [0.25, 0.3) is 0 Å². The van der Waals surface area contributed by atoms with E-state index < -0.39 is 0 Å². The number of aryl methyl sites for hydroxylation is 1. The SMILES string of the molecule is COc1cc2c(cc1C(C)C)CC[C@@H]1C(C)(C)[C@H](O)CC[C@]21C. The van der Waals surface area contributed by atoms with Crippen molar-refractivity contribution >= 4 is 0 Å². The summed E-state index contributed by atoms with van der Waals surface area (Å²) in [7, 11) is 1.78. The number of hydrogen-bond acceptors (Lipinski definition) is 2. The number of rotatable bonds is 2. The van der Waals surface area contributed by atoms with Crippen molar-refractivity contribution in [3.63, 3.8) is 0 Å². The van der Waals surface area contributed by atoms with Gasteiger partial charge in [-0.05, 0) is 71.1 Å². The molecule has 0 amide bonds. The maximum absolute atomic E-state index is 10.5. The smallest absolute Gasteiger partial charge is 0.122 e. The molecule has 2 heteroatoms. The highest BCUT2D eigenvalue weighted by molar-refractivity contribution is 5.49. The van der Waals surface area contributed by atoms with Crippen LogP contribution in [0.1, 0.15) is 76.5 Å². The molecular weight excluding hydrogens is 284 g/mol. The molecule has 1 aromatic carbocycles. The molecule has 1 fully saturated rings. The summed E-state index contributed by atoms with van der Waals surface area (Å²) in [5.74, 6) is 2.04. The fourth-order valence-corrected chi connectivity index (χ4v) is 5.36. The van der Waals surface area contributed by atoms with Gasteiger partial charge in [0, 0.05) is 0 Å². The van der Waals surface area contributed by atoms with Crippen LogP contribution in [0.25, 0.3) is 0 Å². The average Bonchev–Trinajstić information content (AvgIpc) is 2.50. The molecule has 23 heavy (non-hydrogen) atoms. The predicted molar refractivity (Wildman–Crippen MR) is 95.3 cm³/mol. The van der Waals surface area contributed by atoms with E-state index >= 15 is 0 Å². The van der Waals surface area contributed by atoms with Gasteiger partial charge in [-0.2, -0.15) is 0 Å². The summed E-state index contributed by atoms with van der Waals surface area (Å²) >= 11 is 0. The van der Waals surface area contributed by atoms with Gasteiger partial charge < -0.3 is 9.84 Å². The first-order chi connectivity index (χ1) is 10.7. The summed E-state index contributed by atoms with van der Waals surface area (Å²) in [5, 5.41) is 10.5. The van der Waals surface area contributed by atoms with Crippen molar-refractivity contribution < 1.29 is 9.84 Å². The number of hydrogen-bond donors (Lipinski definition) is 1. The molecule has 3 atom stereocenters. The van der Waals surface area contributed by atoms with Crippen molar-refractivity contribution in [2.75, 3.05) is 7.11 Å². The molecule has 1 N–H and O–H groups in total. The number of benzene rings is 1.